The van der Waals surface area contributed by atoms with Crippen LogP contribution in [0.4, 0.5) is 5.69 Å². The normalized spacial score (nSPS) is 13.8. The second-order valence-electron chi connectivity index (χ2n) is 4.71. The standard InChI is InChI=1S/C17H12ClNO3/c1-22-15-7-6-10(18)8-14(15)19-9-13-16(20)11-4-2-3-5-12(11)17(13)21/h2-9,20H,1H3. The zero-order valence-corrected chi connectivity index (χ0v) is 12.5. The molecule has 0 bridgehead atoms. The Hall–Kier alpha value is -2.59. The molecule has 2 aromatic rings. The van der Waals surface area contributed by atoms with Crippen molar-refractivity contribution in [3.05, 3.63) is 64.2 Å². The molecule has 0 saturated heterocycles. The monoisotopic (exact) mass is 313 g/mol. The molecule has 0 aromatic heterocycles. The first-order chi connectivity index (χ1) is 10.6. The van der Waals surface area contributed by atoms with E-state index in [9.17, 15) is 9.90 Å². The second-order valence-corrected chi connectivity index (χ2v) is 5.15. The van der Waals surface area contributed by atoms with Gasteiger partial charge in [-0.3, -0.25) is 9.79 Å². The number of carbonyl (C=O) groups is 1. The summed E-state index contributed by atoms with van der Waals surface area (Å²) in [6, 6.07) is 11.9. The maximum absolute atomic E-state index is 12.3. The minimum absolute atomic E-state index is 0.0645. The highest BCUT2D eigenvalue weighted by Crippen LogP contribution is 2.33. The minimum Gasteiger partial charge on any atom is -0.506 e. The highest BCUT2D eigenvalue weighted by atomic mass is 35.5. The lowest BCUT2D eigenvalue weighted by atomic mass is 10.1. The van der Waals surface area contributed by atoms with Gasteiger partial charge >= 0.3 is 0 Å². The first kappa shape index (κ1) is 14.4. The lowest BCUT2D eigenvalue weighted by Gasteiger charge is -2.04. The van der Waals surface area contributed by atoms with Crippen molar-refractivity contribution in [3.63, 3.8) is 0 Å². The smallest absolute Gasteiger partial charge is 0.199 e. The Morgan fingerprint density at radius 3 is 2.59 bits per heavy atom. The number of nitrogens with zero attached hydrogens (tertiary/aromatic N) is 1. The number of allylic oxidation sites excluding steroid dienone is 1. The zero-order chi connectivity index (χ0) is 15.7. The molecule has 1 N–H and O–H groups in total. The summed E-state index contributed by atoms with van der Waals surface area (Å²) in [6.45, 7) is 0. The molecule has 0 saturated carbocycles. The number of aliphatic hydroxyl groups is 1. The Morgan fingerprint density at radius 1 is 1.18 bits per heavy atom. The number of Topliss-reactive ketones (excluding diaryl/α,β-unsaturated/α-hetero) is 1. The first-order valence-electron chi connectivity index (χ1n) is 6.56. The van der Waals surface area contributed by atoms with Gasteiger partial charge in [0, 0.05) is 22.4 Å². The van der Waals surface area contributed by atoms with Crippen molar-refractivity contribution in [1.82, 2.24) is 0 Å². The molecule has 0 heterocycles. The van der Waals surface area contributed by atoms with Gasteiger partial charge in [-0.1, -0.05) is 35.9 Å². The number of hydrogen-bond donors (Lipinski definition) is 1. The van der Waals surface area contributed by atoms with Crippen molar-refractivity contribution in [3.8, 4) is 5.75 Å². The van der Waals surface area contributed by atoms with Gasteiger partial charge in [0.25, 0.3) is 0 Å². The first-order valence-corrected chi connectivity index (χ1v) is 6.94. The van der Waals surface area contributed by atoms with Gasteiger partial charge in [0.15, 0.2) is 5.78 Å². The molecular weight excluding hydrogens is 302 g/mol. The zero-order valence-electron chi connectivity index (χ0n) is 11.7. The fourth-order valence-electron chi connectivity index (χ4n) is 2.30. The van der Waals surface area contributed by atoms with Gasteiger partial charge in [0.2, 0.25) is 0 Å². The average Bonchev–Trinajstić information content (AvgIpc) is 2.77. The fourth-order valence-corrected chi connectivity index (χ4v) is 2.47. The summed E-state index contributed by atoms with van der Waals surface area (Å²) in [4.78, 5) is 16.5. The van der Waals surface area contributed by atoms with Crippen molar-refractivity contribution in [2.75, 3.05) is 7.11 Å². The third-order valence-corrected chi connectivity index (χ3v) is 3.64. The molecule has 1 aliphatic rings. The van der Waals surface area contributed by atoms with Crippen LogP contribution in [0, 0.1) is 0 Å². The van der Waals surface area contributed by atoms with E-state index >= 15 is 0 Å². The van der Waals surface area contributed by atoms with Crippen LogP contribution < -0.4 is 4.74 Å². The molecule has 3 rings (SSSR count). The molecule has 22 heavy (non-hydrogen) atoms. The molecule has 0 radical (unpaired) electrons. The Morgan fingerprint density at radius 2 is 1.91 bits per heavy atom. The highest BCUT2D eigenvalue weighted by Gasteiger charge is 2.27. The van der Waals surface area contributed by atoms with Gasteiger partial charge in [-0.15, -0.1) is 0 Å². The van der Waals surface area contributed by atoms with E-state index in [0.29, 0.717) is 27.6 Å². The summed E-state index contributed by atoms with van der Waals surface area (Å²) < 4.78 is 5.20. The number of carbonyl (C=O) groups excluding carboxylic acids is 1. The number of hydrogen-bond acceptors (Lipinski definition) is 4. The van der Waals surface area contributed by atoms with Gasteiger partial charge < -0.3 is 9.84 Å². The van der Waals surface area contributed by atoms with Crippen LogP contribution in [0.3, 0.4) is 0 Å². The van der Waals surface area contributed by atoms with Crippen LogP contribution in [0.1, 0.15) is 15.9 Å². The van der Waals surface area contributed by atoms with Crippen molar-refractivity contribution in [2.45, 2.75) is 0 Å². The van der Waals surface area contributed by atoms with Gasteiger partial charge in [0.05, 0.1) is 12.7 Å². The van der Waals surface area contributed by atoms with Crippen LogP contribution in [-0.4, -0.2) is 24.2 Å². The molecule has 0 fully saturated rings. The lowest BCUT2D eigenvalue weighted by Crippen LogP contribution is -1.99. The number of rotatable bonds is 3. The predicted molar refractivity (Wildman–Crippen MR) is 86.5 cm³/mol. The Kier molecular flexibility index (Phi) is 3.69. The summed E-state index contributed by atoms with van der Waals surface area (Å²) >= 11 is 5.94. The number of fused-ring (bicyclic) bond motifs is 1. The molecule has 0 unspecified atom stereocenters. The number of aliphatic hydroxyl groups excluding tert-OH is 1. The fraction of sp³-hybridized carbons (Fsp3) is 0.0588. The van der Waals surface area contributed by atoms with Gasteiger partial charge in [-0.05, 0) is 18.2 Å². The van der Waals surface area contributed by atoms with Gasteiger partial charge in [-0.25, -0.2) is 0 Å². The van der Waals surface area contributed by atoms with Crippen LogP contribution >= 0.6 is 11.6 Å². The van der Waals surface area contributed by atoms with Crippen molar-refractivity contribution < 1.29 is 14.6 Å². The van der Waals surface area contributed by atoms with Crippen LogP contribution in [0.5, 0.6) is 5.75 Å². The summed E-state index contributed by atoms with van der Waals surface area (Å²) in [6.07, 6.45) is 1.34. The third-order valence-electron chi connectivity index (χ3n) is 3.40. The van der Waals surface area contributed by atoms with Crippen LogP contribution in [0.2, 0.25) is 5.02 Å². The minimum atomic E-state index is -0.252. The maximum Gasteiger partial charge on any atom is 0.199 e. The van der Waals surface area contributed by atoms with E-state index in [4.69, 9.17) is 16.3 Å². The SMILES string of the molecule is COc1ccc(Cl)cc1N=CC1=C(O)c2ccccc2C1=O. The number of aliphatic imine (C=N–C) groups is 1. The van der Waals surface area contributed by atoms with Crippen LogP contribution in [0.15, 0.2) is 53.0 Å². The molecule has 0 aliphatic heterocycles. The average molecular weight is 314 g/mol. The molecule has 0 amide bonds. The number of ether oxygens (including phenoxy) is 1. The molecular formula is C17H12ClNO3. The summed E-state index contributed by atoms with van der Waals surface area (Å²) in [5.74, 6) is 0.215. The quantitative estimate of drug-likeness (QED) is 0.863. The largest absolute Gasteiger partial charge is 0.506 e. The molecule has 0 spiro atoms. The van der Waals surface area contributed by atoms with E-state index in [-0.39, 0.29) is 17.1 Å². The molecule has 2 aromatic carbocycles. The summed E-state index contributed by atoms with van der Waals surface area (Å²) in [7, 11) is 1.52. The van der Waals surface area contributed by atoms with E-state index in [0.717, 1.165) is 0 Å². The number of halogens is 1. The Balaban J connectivity index is 2.00. The van der Waals surface area contributed by atoms with Gasteiger partial charge in [-0.2, -0.15) is 0 Å². The molecule has 1 aliphatic carbocycles. The second kappa shape index (κ2) is 5.66. The van der Waals surface area contributed by atoms with Crippen molar-refractivity contribution in [2.24, 2.45) is 4.99 Å². The van der Waals surface area contributed by atoms with E-state index in [2.05, 4.69) is 4.99 Å². The van der Waals surface area contributed by atoms with Crippen molar-refractivity contribution in [1.29, 1.82) is 0 Å². The number of benzene rings is 2. The molecule has 5 heteroatoms. The van der Waals surface area contributed by atoms with E-state index in [1.54, 1.807) is 42.5 Å². The van der Waals surface area contributed by atoms with Crippen LogP contribution in [0.25, 0.3) is 5.76 Å². The third kappa shape index (κ3) is 2.38. The molecule has 0 atom stereocenters. The van der Waals surface area contributed by atoms with E-state index in [1.807, 2.05) is 0 Å². The maximum atomic E-state index is 12.3. The topological polar surface area (TPSA) is 58.9 Å². The molecule has 4 nitrogen and oxygen atoms in total. The van der Waals surface area contributed by atoms with Crippen LogP contribution in [-0.2, 0) is 0 Å². The van der Waals surface area contributed by atoms with E-state index in [1.165, 1.54) is 13.3 Å². The van der Waals surface area contributed by atoms with Crippen molar-refractivity contribution >= 4 is 35.0 Å². The summed E-state index contributed by atoms with van der Waals surface area (Å²) in [5, 5.41) is 10.7. The van der Waals surface area contributed by atoms with E-state index < -0.39 is 0 Å². The van der Waals surface area contributed by atoms with Gasteiger partial charge in [0.1, 0.15) is 17.2 Å². The number of ketones is 1. The highest BCUT2D eigenvalue weighted by molar-refractivity contribution is 6.31. The lowest BCUT2D eigenvalue weighted by molar-refractivity contribution is 0.104. The molecule has 110 valence electrons. The summed E-state index contributed by atoms with van der Waals surface area (Å²) in [5.41, 5.74) is 1.63. The Bertz CT molecular complexity index is 824. The predicted octanol–water partition coefficient (Wildman–Crippen LogP) is 4.22. The Labute approximate surface area is 132 Å². The number of methoxy groups -OCH3 is 1.